The zero-order valence-corrected chi connectivity index (χ0v) is 22.7. The maximum atomic E-state index is 13.2. The quantitative estimate of drug-likeness (QED) is 0.447. The number of aryl methyl sites for hydroxylation is 1. The van der Waals surface area contributed by atoms with Crippen LogP contribution in [0.4, 0.5) is 5.69 Å². The van der Waals surface area contributed by atoms with Crippen LogP contribution in [0.15, 0.2) is 24.3 Å². The molecule has 9 nitrogen and oxygen atoms in total. The van der Waals surface area contributed by atoms with Gasteiger partial charge in [-0.2, -0.15) is 5.10 Å². The van der Waals surface area contributed by atoms with Gasteiger partial charge in [0.25, 0.3) is 5.91 Å². The van der Waals surface area contributed by atoms with Crippen molar-refractivity contribution in [1.29, 1.82) is 0 Å². The second-order valence-electron chi connectivity index (χ2n) is 10.9. The van der Waals surface area contributed by atoms with E-state index in [1.807, 2.05) is 38.4 Å². The minimum absolute atomic E-state index is 0.141. The molecule has 1 saturated heterocycles. The lowest BCUT2D eigenvalue weighted by Gasteiger charge is -2.32. The molecule has 1 aromatic carbocycles. The van der Waals surface area contributed by atoms with Gasteiger partial charge >= 0.3 is 13.1 Å². The molecule has 1 atom stereocenters. The van der Waals surface area contributed by atoms with Crippen LogP contribution in [0.1, 0.15) is 76.6 Å². The molecule has 0 aliphatic carbocycles. The number of amides is 1. The highest BCUT2D eigenvalue weighted by Crippen LogP contribution is 2.37. The van der Waals surface area contributed by atoms with Gasteiger partial charge < -0.3 is 19.4 Å². The van der Waals surface area contributed by atoms with Crippen molar-refractivity contribution in [3.05, 3.63) is 40.7 Å². The lowest BCUT2D eigenvalue weighted by atomic mass is 9.79. The summed E-state index contributed by atoms with van der Waals surface area (Å²) in [7, 11) is 0.718. The van der Waals surface area contributed by atoms with E-state index in [9.17, 15) is 9.59 Å². The molecule has 36 heavy (non-hydrogen) atoms. The van der Waals surface area contributed by atoms with Gasteiger partial charge in [0, 0.05) is 12.0 Å². The summed E-state index contributed by atoms with van der Waals surface area (Å²) in [4.78, 5) is 25.3. The Morgan fingerprint density at radius 1 is 1.22 bits per heavy atom. The number of anilines is 1. The molecular formula is C25H34BClN4O5. The predicted octanol–water partition coefficient (Wildman–Crippen LogP) is 3.46. The SMILES string of the molecule is COC(=O)C(C)(C)N[C@@H]1CCCn2nc(C(=O)Nc3cccc(B4OC(C)(C)C(C)(C)O4)c3Cl)cc21. The maximum absolute atomic E-state index is 13.2. The van der Waals surface area contributed by atoms with Crippen LogP contribution in [-0.4, -0.2) is 52.6 Å². The third-order valence-corrected chi connectivity index (χ3v) is 7.70. The van der Waals surface area contributed by atoms with Crippen LogP contribution in [0.3, 0.4) is 0 Å². The molecule has 2 N–H and O–H groups in total. The Morgan fingerprint density at radius 3 is 2.53 bits per heavy atom. The van der Waals surface area contributed by atoms with Crippen molar-refractivity contribution < 1.29 is 23.6 Å². The molecule has 0 radical (unpaired) electrons. The van der Waals surface area contributed by atoms with Gasteiger partial charge in [-0.15, -0.1) is 0 Å². The molecule has 2 aliphatic heterocycles. The lowest BCUT2D eigenvalue weighted by molar-refractivity contribution is -0.147. The van der Waals surface area contributed by atoms with Crippen LogP contribution in [0.5, 0.6) is 0 Å². The summed E-state index contributed by atoms with van der Waals surface area (Å²) in [5, 5.41) is 11.1. The van der Waals surface area contributed by atoms with Crippen LogP contribution in [0.25, 0.3) is 0 Å². The summed E-state index contributed by atoms with van der Waals surface area (Å²) < 4.78 is 19.0. The highest BCUT2D eigenvalue weighted by Gasteiger charge is 2.52. The molecule has 1 aromatic heterocycles. The van der Waals surface area contributed by atoms with Gasteiger partial charge in [-0.3, -0.25) is 19.6 Å². The summed E-state index contributed by atoms with van der Waals surface area (Å²) in [5.41, 5.74) is 0.307. The number of aromatic nitrogens is 2. The van der Waals surface area contributed by atoms with Gasteiger partial charge in [-0.25, -0.2) is 0 Å². The second-order valence-corrected chi connectivity index (χ2v) is 11.3. The van der Waals surface area contributed by atoms with Crippen molar-refractivity contribution in [2.45, 2.75) is 83.7 Å². The third-order valence-electron chi connectivity index (χ3n) is 7.28. The average Bonchev–Trinajstić information content (AvgIpc) is 3.33. The van der Waals surface area contributed by atoms with Crippen LogP contribution < -0.4 is 16.1 Å². The van der Waals surface area contributed by atoms with Crippen LogP contribution in [0, 0.1) is 0 Å². The van der Waals surface area contributed by atoms with Gasteiger partial charge in [0.15, 0.2) is 5.69 Å². The molecule has 1 fully saturated rings. The Labute approximate surface area is 217 Å². The number of carbonyl (C=O) groups excluding carboxylic acids is 2. The lowest BCUT2D eigenvalue weighted by Crippen LogP contribution is -2.50. The van der Waals surface area contributed by atoms with E-state index in [4.69, 9.17) is 25.6 Å². The molecule has 0 spiro atoms. The van der Waals surface area contributed by atoms with Crippen LogP contribution >= 0.6 is 11.6 Å². The third kappa shape index (κ3) is 4.92. The number of esters is 1. The number of nitrogens with zero attached hydrogens (tertiary/aromatic N) is 2. The first-order valence-electron chi connectivity index (χ1n) is 12.1. The number of nitrogens with one attached hydrogen (secondary N) is 2. The molecule has 0 bridgehead atoms. The average molecular weight is 517 g/mol. The number of carbonyl (C=O) groups is 2. The molecule has 2 aromatic rings. The normalized spacial score (nSPS) is 20.7. The molecule has 4 rings (SSSR count). The van der Waals surface area contributed by atoms with E-state index in [2.05, 4.69) is 15.7 Å². The first-order valence-corrected chi connectivity index (χ1v) is 12.5. The summed E-state index contributed by atoms with van der Waals surface area (Å²) in [6.45, 7) is 12.1. The summed E-state index contributed by atoms with van der Waals surface area (Å²) in [6, 6.07) is 6.97. The number of hydrogen-bond donors (Lipinski definition) is 2. The fourth-order valence-corrected chi connectivity index (χ4v) is 4.74. The van der Waals surface area contributed by atoms with Crippen molar-refractivity contribution in [3.8, 4) is 0 Å². The fraction of sp³-hybridized carbons (Fsp3) is 0.560. The largest absolute Gasteiger partial charge is 0.496 e. The standard InChI is InChI=1S/C25H34BClN4O5/c1-23(2,22(33)34-7)29-16-12-9-13-31-19(16)14-18(30-31)21(32)28-17-11-8-10-15(20(17)27)26-35-24(3,4)25(5,6)36-26/h8,10-11,14,16,29H,9,12-13H2,1-7H3,(H,28,32)/t16-/m1/s1. The van der Waals surface area contributed by atoms with Crippen molar-refractivity contribution in [2.24, 2.45) is 0 Å². The Hall–Kier alpha value is -2.40. The highest BCUT2D eigenvalue weighted by molar-refractivity contribution is 6.66. The van der Waals surface area contributed by atoms with Gasteiger partial charge in [-0.1, -0.05) is 23.7 Å². The van der Waals surface area contributed by atoms with Gasteiger partial charge in [0.1, 0.15) is 5.54 Å². The zero-order chi connectivity index (χ0) is 26.5. The number of methoxy groups -OCH3 is 1. The first kappa shape index (κ1) is 26.7. The maximum Gasteiger partial charge on any atom is 0.496 e. The predicted molar refractivity (Wildman–Crippen MR) is 139 cm³/mol. The number of fused-ring (bicyclic) bond motifs is 1. The topological polar surface area (TPSA) is 104 Å². The van der Waals surface area contributed by atoms with E-state index >= 15 is 0 Å². The molecule has 0 saturated carbocycles. The number of hydrogen-bond acceptors (Lipinski definition) is 7. The number of halogens is 1. The molecule has 11 heteroatoms. The monoisotopic (exact) mass is 516 g/mol. The Bertz CT molecular complexity index is 1160. The van der Waals surface area contributed by atoms with Crippen molar-refractivity contribution in [2.75, 3.05) is 12.4 Å². The van der Waals surface area contributed by atoms with Gasteiger partial charge in [0.05, 0.1) is 40.8 Å². The Balaban J connectivity index is 1.53. The molecule has 2 aliphatic rings. The highest BCUT2D eigenvalue weighted by atomic mass is 35.5. The van der Waals surface area contributed by atoms with Crippen molar-refractivity contribution in [3.63, 3.8) is 0 Å². The van der Waals surface area contributed by atoms with E-state index in [0.717, 1.165) is 18.5 Å². The van der Waals surface area contributed by atoms with E-state index in [1.54, 1.807) is 32.0 Å². The van der Waals surface area contributed by atoms with Crippen molar-refractivity contribution in [1.82, 2.24) is 15.1 Å². The van der Waals surface area contributed by atoms with Crippen LogP contribution in [-0.2, 0) is 25.4 Å². The minimum Gasteiger partial charge on any atom is -0.468 e. The smallest absolute Gasteiger partial charge is 0.468 e. The Kier molecular flexibility index (Phi) is 7.02. The second kappa shape index (κ2) is 9.48. The molecule has 1 amide bonds. The molecule has 0 unspecified atom stereocenters. The molecule has 3 heterocycles. The zero-order valence-electron chi connectivity index (χ0n) is 21.9. The van der Waals surface area contributed by atoms with Crippen LogP contribution in [0.2, 0.25) is 5.02 Å². The Morgan fingerprint density at radius 2 is 1.89 bits per heavy atom. The van der Waals surface area contributed by atoms with E-state index < -0.39 is 23.9 Å². The first-order chi connectivity index (χ1) is 16.8. The van der Waals surface area contributed by atoms with E-state index in [0.29, 0.717) is 22.7 Å². The van der Waals surface area contributed by atoms with E-state index in [-0.39, 0.29) is 23.6 Å². The fourth-order valence-electron chi connectivity index (χ4n) is 4.48. The molecular weight excluding hydrogens is 483 g/mol. The summed E-state index contributed by atoms with van der Waals surface area (Å²) >= 11 is 6.69. The minimum atomic E-state index is -0.879. The van der Waals surface area contributed by atoms with Crippen molar-refractivity contribution >= 4 is 41.7 Å². The number of rotatable bonds is 6. The summed E-state index contributed by atoms with van der Waals surface area (Å²) in [6.07, 6.45) is 1.68. The summed E-state index contributed by atoms with van der Waals surface area (Å²) in [5.74, 6) is -0.732. The number of benzene rings is 1. The van der Waals surface area contributed by atoms with Gasteiger partial charge in [-0.05, 0) is 66.5 Å². The van der Waals surface area contributed by atoms with Gasteiger partial charge in [0.2, 0.25) is 0 Å². The van der Waals surface area contributed by atoms with E-state index in [1.165, 1.54) is 7.11 Å². The molecule has 194 valence electrons. The number of ether oxygens (including phenoxy) is 1.